The van der Waals surface area contributed by atoms with Gasteiger partial charge >= 0.3 is 7.12 Å². The van der Waals surface area contributed by atoms with E-state index < -0.39 is 6.17 Å². The van der Waals surface area contributed by atoms with Gasteiger partial charge in [0.25, 0.3) is 0 Å². The molecular formula is C16H23BFNO2. The molecule has 0 radical (unpaired) electrons. The van der Waals surface area contributed by atoms with Crippen LogP contribution in [0.5, 0.6) is 0 Å². The van der Waals surface area contributed by atoms with Gasteiger partial charge in [-0.3, -0.25) is 0 Å². The summed E-state index contributed by atoms with van der Waals surface area (Å²) in [6.07, 6.45) is -0.0771. The Hall–Kier alpha value is -1.07. The number of hydrogen-bond donors (Lipinski definition) is 0. The molecule has 0 amide bonds. The molecule has 2 aliphatic rings. The Bertz CT molecular complexity index is 502. The van der Waals surface area contributed by atoms with E-state index >= 15 is 0 Å². The number of halogens is 1. The number of nitrogens with zero attached hydrogens (tertiary/aromatic N) is 1. The molecule has 1 aromatic carbocycles. The zero-order chi connectivity index (χ0) is 15.3. The first kappa shape index (κ1) is 14.9. The summed E-state index contributed by atoms with van der Waals surface area (Å²) in [6.45, 7) is 9.48. The fourth-order valence-electron chi connectivity index (χ4n) is 2.77. The van der Waals surface area contributed by atoms with Crippen molar-refractivity contribution in [1.29, 1.82) is 0 Å². The zero-order valence-electron chi connectivity index (χ0n) is 13.2. The molecule has 1 aromatic rings. The lowest BCUT2D eigenvalue weighted by molar-refractivity contribution is 0.00578. The zero-order valence-corrected chi connectivity index (χ0v) is 13.2. The molecule has 2 heterocycles. The minimum Gasteiger partial charge on any atom is -0.399 e. The summed E-state index contributed by atoms with van der Waals surface area (Å²) >= 11 is 0. The lowest BCUT2D eigenvalue weighted by atomic mass is 9.79. The highest BCUT2D eigenvalue weighted by molar-refractivity contribution is 6.62. The third-order valence-electron chi connectivity index (χ3n) is 4.91. The molecular weight excluding hydrogens is 268 g/mol. The van der Waals surface area contributed by atoms with Gasteiger partial charge in [-0.05, 0) is 51.7 Å². The van der Waals surface area contributed by atoms with Crippen molar-refractivity contribution in [2.24, 2.45) is 0 Å². The molecule has 0 bridgehead atoms. The fraction of sp³-hybridized carbons (Fsp3) is 0.625. The van der Waals surface area contributed by atoms with Crippen molar-refractivity contribution >= 4 is 18.3 Å². The summed E-state index contributed by atoms with van der Waals surface area (Å²) in [5, 5.41) is 0. The Morgan fingerprint density at radius 2 is 1.67 bits per heavy atom. The maximum absolute atomic E-state index is 13.3. The first-order valence-corrected chi connectivity index (χ1v) is 7.63. The third kappa shape index (κ3) is 2.69. The maximum atomic E-state index is 13.3. The van der Waals surface area contributed by atoms with Gasteiger partial charge in [0.15, 0.2) is 0 Å². The molecule has 0 aromatic heterocycles. The molecule has 0 aliphatic carbocycles. The lowest BCUT2D eigenvalue weighted by Crippen LogP contribution is -2.41. The Balaban J connectivity index is 1.74. The average molecular weight is 291 g/mol. The Morgan fingerprint density at radius 3 is 2.14 bits per heavy atom. The van der Waals surface area contributed by atoms with Crippen molar-refractivity contribution in [3.05, 3.63) is 24.3 Å². The minimum absolute atomic E-state index is 0.327. The smallest absolute Gasteiger partial charge is 0.399 e. The quantitative estimate of drug-likeness (QED) is 0.782. The van der Waals surface area contributed by atoms with E-state index in [2.05, 4.69) is 4.90 Å². The van der Waals surface area contributed by atoms with Crippen LogP contribution in [0.25, 0.3) is 0 Å². The standard InChI is InChI=1S/C16H23BFNO2/c1-15(2)16(3,4)21-17(20-15)12-5-7-14(8-6-12)19-10-9-13(18)11-19/h5-8,13H,9-11H2,1-4H3/t13-/m0/s1. The summed E-state index contributed by atoms with van der Waals surface area (Å²) in [7, 11) is -0.337. The van der Waals surface area contributed by atoms with E-state index in [0.717, 1.165) is 17.7 Å². The molecule has 1 atom stereocenters. The van der Waals surface area contributed by atoms with E-state index in [1.54, 1.807) is 0 Å². The molecule has 21 heavy (non-hydrogen) atoms. The largest absolute Gasteiger partial charge is 0.494 e. The van der Waals surface area contributed by atoms with Gasteiger partial charge in [-0.1, -0.05) is 12.1 Å². The van der Waals surface area contributed by atoms with Gasteiger partial charge in [0.1, 0.15) is 6.17 Å². The van der Waals surface area contributed by atoms with Crippen LogP contribution in [0.4, 0.5) is 10.1 Å². The predicted molar refractivity (Wildman–Crippen MR) is 83.9 cm³/mol. The summed E-state index contributed by atoms with van der Waals surface area (Å²) in [5.74, 6) is 0. The highest BCUT2D eigenvalue weighted by atomic mass is 19.1. The second-order valence-electron chi connectivity index (χ2n) is 7.01. The molecule has 2 fully saturated rings. The summed E-state index contributed by atoms with van der Waals surface area (Å²) < 4.78 is 25.3. The number of anilines is 1. The normalized spacial score (nSPS) is 27.4. The van der Waals surface area contributed by atoms with E-state index in [4.69, 9.17) is 9.31 Å². The molecule has 0 N–H and O–H groups in total. The van der Waals surface area contributed by atoms with Gasteiger partial charge in [-0.25, -0.2) is 4.39 Å². The number of benzene rings is 1. The molecule has 2 aliphatic heterocycles. The second kappa shape index (κ2) is 4.99. The van der Waals surface area contributed by atoms with Gasteiger partial charge in [0, 0.05) is 18.8 Å². The highest BCUT2D eigenvalue weighted by Crippen LogP contribution is 2.36. The first-order chi connectivity index (χ1) is 9.78. The Labute approximate surface area is 126 Å². The average Bonchev–Trinajstić information content (AvgIpc) is 2.92. The predicted octanol–water partition coefficient (Wildman–Crippen LogP) is 2.53. The molecule has 0 spiro atoms. The topological polar surface area (TPSA) is 21.7 Å². The molecule has 5 heteroatoms. The van der Waals surface area contributed by atoms with E-state index in [9.17, 15) is 4.39 Å². The van der Waals surface area contributed by atoms with Crippen molar-refractivity contribution < 1.29 is 13.7 Å². The minimum atomic E-state index is -0.701. The summed E-state index contributed by atoms with van der Waals surface area (Å²) in [5.41, 5.74) is 1.42. The van der Waals surface area contributed by atoms with E-state index in [1.807, 2.05) is 52.0 Å². The van der Waals surface area contributed by atoms with Crippen molar-refractivity contribution in [3.8, 4) is 0 Å². The van der Waals surface area contributed by atoms with Crippen molar-refractivity contribution in [2.75, 3.05) is 18.0 Å². The van der Waals surface area contributed by atoms with Crippen LogP contribution in [0, 0.1) is 0 Å². The fourth-order valence-corrected chi connectivity index (χ4v) is 2.77. The molecule has 0 saturated carbocycles. The van der Waals surface area contributed by atoms with Gasteiger partial charge in [-0.2, -0.15) is 0 Å². The van der Waals surface area contributed by atoms with Gasteiger partial charge in [-0.15, -0.1) is 0 Å². The molecule has 2 saturated heterocycles. The summed E-state index contributed by atoms with van der Waals surface area (Å²) in [4.78, 5) is 2.08. The van der Waals surface area contributed by atoms with Crippen LogP contribution in [-0.4, -0.2) is 37.6 Å². The molecule has 3 rings (SSSR count). The van der Waals surface area contributed by atoms with Crippen molar-refractivity contribution in [3.63, 3.8) is 0 Å². The molecule has 3 nitrogen and oxygen atoms in total. The number of alkyl halides is 1. The van der Waals surface area contributed by atoms with Gasteiger partial charge < -0.3 is 14.2 Å². The second-order valence-corrected chi connectivity index (χ2v) is 7.01. The van der Waals surface area contributed by atoms with Crippen molar-refractivity contribution in [1.82, 2.24) is 0 Å². The van der Waals surface area contributed by atoms with Crippen LogP contribution in [-0.2, 0) is 9.31 Å². The Morgan fingerprint density at radius 1 is 1.10 bits per heavy atom. The van der Waals surface area contributed by atoms with Crippen LogP contribution in [0.2, 0.25) is 0 Å². The highest BCUT2D eigenvalue weighted by Gasteiger charge is 2.51. The van der Waals surface area contributed by atoms with E-state index in [1.165, 1.54) is 0 Å². The lowest BCUT2D eigenvalue weighted by Gasteiger charge is -2.32. The van der Waals surface area contributed by atoms with Crippen LogP contribution in [0.3, 0.4) is 0 Å². The third-order valence-corrected chi connectivity index (χ3v) is 4.91. The molecule has 114 valence electrons. The van der Waals surface area contributed by atoms with Crippen molar-refractivity contribution in [2.45, 2.75) is 51.5 Å². The number of rotatable bonds is 2. The van der Waals surface area contributed by atoms with Crippen LogP contribution < -0.4 is 10.4 Å². The van der Waals surface area contributed by atoms with E-state index in [-0.39, 0.29) is 18.3 Å². The van der Waals surface area contributed by atoms with E-state index in [0.29, 0.717) is 13.0 Å². The molecule has 0 unspecified atom stereocenters. The van der Waals surface area contributed by atoms with Crippen LogP contribution in [0.15, 0.2) is 24.3 Å². The van der Waals surface area contributed by atoms with Gasteiger partial charge in [0.2, 0.25) is 0 Å². The Kier molecular flexibility index (Phi) is 3.53. The van der Waals surface area contributed by atoms with Crippen LogP contribution >= 0.6 is 0 Å². The summed E-state index contributed by atoms with van der Waals surface area (Å²) in [6, 6.07) is 8.09. The van der Waals surface area contributed by atoms with Crippen LogP contribution in [0.1, 0.15) is 34.1 Å². The first-order valence-electron chi connectivity index (χ1n) is 7.63. The SMILES string of the molecule is CC1(C)OB(c2ccc(N3CC[C@H](F)C3)cc2)OC1(C)C. The monoisotopic (exact) mass is 291 g/mol. The number of hydrogen-bond acceptors (Lipinski definition) is 3. The van der Waals surface area contributed by atoms with Gasteiger partial charge in [0.05, 0.1) is 11.2 Å². The maximum Gasteiger partial charge on any atom is 0.494 e.